The van der Waals surface area contributed by atoms with Crippen LogP contribution in [0.5, 0.6) is 0 Å². The Morgan fingerprint density at radius 1 is 1.24 bits per heavy atom. The van der Waals surface area contributed by atoms with Gasteiger partial charge >= 0.3 is 0 Å². The Morgan fingerprint density at radius 3 is 2.38 bits per heavy atom. The number of quaternary nitrogens is 1. The van der Waals surface area contributed by atoms with Crippen LogP contribution in [0.3, 0.4) is 0 Å². The minimum Gasteiger partial charge on any atom is -0.335 e. The van der Waals surface area contributed by atoms with Crippen LogP contribution < -0.4 is 9.62 Å². The van der Waals surface area contributed by atoms with Crippen molar-refractivity contribution >= 4 is 10.0 Å². The number of rotatable bonds is 5. The molecule has 1 heterocycles. The highest BCUT2D eigenvalue weighted by Gasteiger charge is 2.26. The van der Waals surface area contributed by atoms with Gasteiger partial charge in [-0.05, 0) is 31.9 Å². The number of nitrogens with one attached hydrogen (secondary N) is 2. The fourth-order valence-electron chi connectivity index (χ4n) is 3.50. The minimum atomic E-state index is -3.41. The first-order valence-corrected chi connectivity index (χ1v) is 9.19. The first-order valence-electron chi connectivity index (χ1n) is 7.71. The third kappa shape index (κ3) is 3.84. The maximum Gasteiger partial charge on any atom is 0.241 e. The number of likely N-dealkylation sites (tertiary alicyclic amines) is 1. The molecule has 1 unspecified atom stereocenters. The van der Waals surface area contributed by atoms with Gasteiger partial charge in [0, 0.05) is 25.8 Å². The van der Waals surface area contributed by atoms with E-state index in [9.17, 15) is 8.42 Å². The number of sulfonamides is 1. The van der Waals surface area contributed by atoms with Crippen molar-refractivity contribution in [2.24, 2.45) is 0 Å². The van der Waals surface area contributed by atoms with E-state index in [-0.39, 0.29) is 0 Å². The Kier molecular flexibility index (Phi) is 5.07. The SMILES string of the molecule is Cc1cc(C)c(S(=O)(=O)NCC[C@@H]2CCC[NH+]2C)c(C)c1. The summed E-state index contributed by atoms with van der Waals surface area (Å²) in [6.07, 6.45) is 3.37. The standard InChI is InChI=1S/C16H26N2O2S/c1-12-10-13(2)16(14(3)11-12)21(19,20)17-8-7-15-6-5-9-18(15)4/h10-11,15,17H,5-9H2,1-4H3/p+1/t15-/m0/s1. The molecule has 21 heavy (non-hydrogen) atoms. The molecule has 4 nitrogen and oxygen atoms in total. The summed E-state index contributed by atoms with van der Waals surface area (Å²) in [7, 11) is -1.21. The fraction of sp³-hybridized carbons (Fsp3) is 0.625. The normalized spacial score (nSPS) is 22.7. The Hall–Kier alpha value is -0.910. The zero-order chi connectivity index (χ0) is 15.6. The summed E-state index contributed by atoms with van der Waals surface area (Å²) >= 11 is 0. The second kappa shape index (κ2) is 6.46. The Balaban J connectivity index is 2.05. The van der Waals surface area contributed by atoms with Gasteiger partial charge in [0.2, 0.25) is 10.0 Å². The lowest BCUT2D eigenvalue weighted by molar-refractivity contribution is -0.892. The van der Waals surface area contributed by atoms with E-state index >= 15 is 0 Å². The molecule has 1 aliphatic heterocycles. The van der Waals surface area contributed by atoms with E-state index in [0.717, 1.165) is 23.1 Å². The lowest BCUT2D eigenvalue weighted by atomic mass is 10.1. The summed E-state index contributed by atoms with van der Waals surface area (Å²) in [5.74, 6) is 0. The molecule has 2 rings (SSSR count). The third-order valence-electron chi connectivity index (χ3n) is 4.48. The van der Waals surface area contributed by atoms with E-state index in [2.05, 4.69) is 11.8 Å². The highest BCUT2D eigenvalue weighted by molar-refractivity contribution is 7.89. The average molecular weight is 311 g/mol. The van der Waals surface area contributed by atoms with E-state index in [1.807, 2.05) is 32.9 Å². The van der Waals surface area contributed by atoms with Gasteiger partial charge in [0.1, 0.15) is 0 Å². The molecule has 0 saturated carbocycles. The van der Waals surface area contributed by atoms with E-state index in [1.54, 1.807) is 0 Å². The zero-order valence-corrected chi connectivity index (χ0v) is 14.3. The van der Waals surface area contributed by atoms with Crippen LogP contribution in [0.1, 0.15) is 36.0 Å². The molecule has 5 heteroatoms. The molecule has 0 spiro atoms. The predicted molar refractivity (Wildman–Crippen MR) is 85.2 cm³/mol. The Labute approximate surface area is 128 Å². The van der Waals surface area contributed by atoms with Crippen molar-refractivity contribution in [3.05, 3.63) is 28.8 Å². The lowest BCUT2D eigenvalue weighted by Crippen LogP contribution is -3.10. The second-order valence-corrected chi connectivity index (χ2v) is 8.05. The van der Waals surface area contributed by atoms with Crippen LogP contribution in [-0.4, -0.2) is 34.6 Å². The molecule has 1 aliphatic rings. The van der Waals surface area contributed by atoms with Gasteiger partial charge in [0.15, 0.2) is 0 Å². The summed E-state index contributed by atoms with van der Waals surface area (Å²) in [4.78, 5) is 1.97. The van der Waals surface area contributed by atoms with Crippen molar-refractivity contribution in [3.8, 4) is 0 Å². The topological polar surface area (TPSA) is 50.6 Å². The maximum absolute atomic E-state index is 12.5. The molecule has 2 atom stereocenters. The summed E-state index contributed by atoms with van der Waals surface area (Å²) in [6, 6.07) is 4.44. The van der Waals surface area contributed by atoms with Crippen LogP contribution in [0.2, 0.25) is 0 Å². The monoisotopic (exact) mass is 311 g/mol. The molecule has 0 amide bonds. The number of benzene rings is 1. The van der Waals surface area contributed by atoms with Gasteiger partial charge in [-0.3, -0.25) is 0 Å². The maximum atomic E-state index is 12.5. The minimum absolute atomic E-state index is 0.445. The first kappa shape index (κ1) is 16.5. The van der Waals surface area contributed by atoms with Gasteiger partial charge in [0.05, 0.1) is 24.5 Å². The van der Waals surface area contributed by atoms with Crippen molar-refractivity contribution < 1.29 is 13.3 Å². The van der Waals surface area contributed by atoms with Gasteiger partial charge in [-0.15, -0.1) is 0 Å². The summed E-state index contributed by atoms with van der Waals surface area (Å²) < 4.78 is 27.8. The van der Waals surface area contributed by atoms with Crippen LogP contribution in [0.4, 0.5) is 0 Å². The van der Waals surface area contributed by atoms with Crippen molar-refractivity contribution in [3.63, 3.8) is 0 Å². The second-order valence-electron chi connectivity index (χ2n) is 6.35. The first-order chi connectivity index (χ1) is 9.81. The Morgan fingerprint density at radius 2 is 1.86 bits per heavy atom. The molecule has 1 saturated heterocycles. The fourth-order valence-corrected chi connectivity index (χ4v) is 5.00. The smallest absolute Gasteiger partial charge is 0.241 e. The van der Waals surface area contributed by atoms with Gasteiger partial charge < -0.3 is 4.90 Å². The summed E-state index contributed by atoms with van der Waals surface area (Å²) in [5, 5.41) is 0. The molecule has 0 bridgehead atoms. The molecular formula is C16H27N2O2S+. The van der Waals surface area contributed by atoms with E-state index in [1.165, 1.54) is 24.3 Å². The van der Waals surface area contributed by atoms with Gasteiger partial charge in [-0.25, -0.2) is 13.1 Å². The van der Waals surface area contributed by atoms with E-state index in [4.69, 9.17) is 0 Å². The molecule has 0 aliphatic carbocycles. The van der Waals surface area contributed by atoms with Crippen molar-refractivity contribution in [2.45, 2.75) is 51.0 Å². The predicted octanol–water partition coefficient (Wildman–Crippen LogP) is 0.957. The number of aryl methyl sites for hydroxylation is 3. The van der Waals surface area contributed by atoms with Crippen LogP contribution in [-0.2, 0) is 10.0 Å². The van der Waals surface area contributed by atoms with Crippen LogP contribution in [0.25, 0.3) is 0 Å². The van der Waals surface area contributed by atoms with E-state index < -0.39 is 10.0 Å². The molecule has 0 aromatic heterocycles. The number of hydrogen-bond donors (Lipinski definition) is 2. The van der Waals surface area contributed by atoms with Gasteiger partial charge in [-0.2, -0.15) is 0 Å². The quantitative estimate of drug-likeness (QED) is 0.851. The van der Waals surface area contributed by atoms with Crippen LogP contribution >= 0.6 is 0 Å². The van der Waals surface area contributed by atoms with Gasteiger partial charge in [0.25, 0.3) is 0 Å². The summed E-state index contributed by atoms with van der Waals surface area (Å²) in [5.41, 5.74) is 2.74. The average Bonchev–Trinajstić information content (AvgIpc) is 2.73. The largest absolute Gasteiger partial charge is 0.335 e. The molecule has 1 aromatic rings. The van der Waals surface area contributed by atoms with Crippen LogP contribution in [0, 0.1) is 20.8 Å². The Bertz CT molecular complexity index is 588. The highest BCUT2D eigenvalue weighted by atomic mass is 32.2. The third-order valence-corrected chi connectivity index (χ3v) is 6.24. The number of hydrogen-bond acceptors (Lipinski definition) is 2. The van der Waals surface area contributed by atoms with Crippen molar-refractivity contribution in [1.82, 2.24) is 4.72 Å². The van der Waals surface area contributed by atoms with E-state index in [0.29, 0.717) is 17.5 Å². The highest BCUT2D eigenvalue weighted by Crippen LogP contribution is 2.21. The molecule has 0 radical (unpaired) electrons. The molecule has 2 N–H and O–H groups in total. The molecular weight excluding hydrogens is 284 g/mol. The zero-order valence-electron chi connectivity index (χ0n) is 13.5. The van der Waals surface area contributed by atoms with Crippen LogP contribution in [0.15, 0.2) is 17.0 Å². The van der Waals surface area contributed by atoms with Gasteiger partial charge in [-0.1, -0.05) is 17.7 Å². The van der Waals surface area contributed by atoms with Crippen molar-refractivity contribution in [2.75, 3.05) is 20.1 Å². The lowest BCUT2D eigenvalue weighted by Gasteiger charge is -2.17. The molecule has 1 fully saturated rings. The molecule has 118 valence electrons. The van der Waals surface area contributed by atoms with Crippen molar-refractivity contribution in [1.29, 1.82) is 0 Å². The molecule has 1 aromatic carbocycles. The summed E-state index contributed by atoms with van der Waals surface area (Å²) in [6.45, 7) is 7.44.